The Balaban J connectivity index is 1.35. The Hall–Kier alpha value is -3.17. The average Bonchev–Trinajstić information content (AvgIpc) is 3.38. The van der Waals surface area contributed by atoms with Gasteiger partial charge in [-0.2, -0.15) is 4.52 Å². The SMILES string of the molecule is COc1cccc(CN2CCN(c3nn4c(NC(C)(C)C)c(-c5cccc(F)c5)nc4s3)CC2)c1. The van der Waals surface area contributed by atoms with E-state index in [0.29, 0.717) is 5.69 Å². The fraction of sp³-hybridized carbons (Fsp3) is 0.385. The first kappa shape index (κ1) is 23.6. The standard InChI is InChI=1S/C26H31FN6OS/c1-26(2,3)29-23-22(19-8-6-9-20(27)16-19)28-24-33(23)30-25(35-24)32-13-11-31(12-14-32)17-18-7-5-10-21(15-18)34-4/h5-10,15-16,29H,11-14,17H2,1-4H3. The second-order valence-electron chi connectivity index (χ2n) is 9.89. The summed E-state index contributed by atoms with van der Waals surface area (Å²) in [7, 11) is 1.70. The predicted molar refractivity (Wildman–Crippen MR) is 140 cm³/mol. The van der Waals surface area contributed by atoms with Gasteiger partial charge in [-0.05, 0) is 50.6 Å². The van der Waals surface area contributed by atoms with Crippen molar-refractivity contribution in [3.05, 3.63) is 59.9 Å². The molecule has 3 heterocycles. The summed E-state index contributed by atoms with van der Waals surface area (Å²) in [4.78, 5) is 10.4. The second kappa shape index (κ2) is 9.47. The summed E-state index contributed by atoms with van der Waals surface area (Å²) in [6.45, 7) is 10.9. The van der Waals surface area contributed by atoms with Crippen LogP contribution in [0.15, 0.2) is 48.5 Å². The van der Waals surface area contributed by atoms with Crippen molar-refractivity contribution in [1.82, 2.24) is 19.5 Å². The molecule has 1 saturated heterocycles. The van der Waals surface area contributed by atoms with Crippen LogP contribution in [0, 0.1) is 5.82 Å². The molecule has 0 atom stereocenters. The van der Waals surface area contributed by atoms with Crippen molar-refractivity contribution in [1.29, 1.82) is 0 Å². The lowest BCUT2D eigenvalue weighted by Crippen LogP contribution is -2.46. The van der Waals surface area contributed by atoms with Gasteiger partial charge in [0.15, 0.2) is 5.82 Å². The number of hydrogen-bond donors (Lipinski definition) is 1. The molecule has 7 nitrogen and oxygen atoms in total. The number of nitrogens with zero attached hydrogens (tertiary/aromatic N) is 5. The molecule has 1 aliphatic rings. The summed E-state index contributed by atoms with van der Waals surface area (Å²) in [5, 5.41) is 9.42. The first-order valence-electron chi connectivity index (χ1n) is 11.8. The molecule has 1 fully saturated rings. The van der Waals surface area contributed by atoms with Crippen LogP contribution in [0.2, 0.25) is 0 Å². The second-order valence-corrected chi connectivity index (χ2v) is 10.8. The van der Waals surface area contributed by atoms with E-state index < -0.39 is 0 Å². The molecule has 5 rings (SSSR count). The van der Waals surface area contributed by atoms with Crippen LogP contribution >= 0.6 is 11.3 Å². The van der Waals surface area contributed by atoms with Gasteiger partial charge in [0.2, 0.25) is 10.1 Å². The Morgan fingerprint density at radius 2 is 1.83 bits per heavy atom. The van der Waals surface area contributed by atoms with Crippen LogP contribution in [0.5, 0.6) is 5.75 Å². The zero-order valence-corrected chi connectivity index (χ0v) is 21.4. The summed E-state index contributed by atoms with van der Waals surface area (Å²) >= 11 is 1.57. The van der Waals surface area contributed by atoms with Crippen molar-refractivity contribution in [2.24, 2.45) is 0 Å². The highest BCUT2D eigenvalue weighted by atomic mass is 32.1. The molecular weight excluding hydrogens is 463 g/mol. The maximum atomic E-state index is 13.9. The minimum Gasteiger partial charge on any atom is -0.497 e. The minimum atomic E-state index is -0.277. The third-order valence-corrected chi connectivity index (χ3v) is 6.94. The molecule has 0 radical (unpaired) electrons. The molecule has 0 unspecified atom stereocenters. The summed E-state index contributed by atoms with van der Waals surface area (Å²) in [6, 6.07) is 14.8. The molecule has 1 aliphatic heterocycles. The summed E-state index contributed by atoms with van der Waals surface area (Å²) < 4.78 is 21.2. The third-order valence-electron chi connectivity index (χ3n) is 5.97. The first-order chi connectivity index (χ1) is 16.8. The maximum absolute atomic E-state index is 13.9. The van der Waals surface area contributed by atoms with Gasteiger partial charge in [0.1, 0.15) is 17.3 Å². The molecule has 2 aromatic carbocycles. The van der Waals surface area contributed by atoms with Crippen LogP contribution in [0.4, 0.5) is 15.3 Å². The number of piperazine rings is 1. The van der Waals surface area contributed by atoms with Gasteiger partial charge < -0.3 is 15.0 Å². The maximum Gasteiger partial charge on any atom is 0.216 e. The monoisotopic (exact) mass is 494 g/mol. The predicted octanol–water partition coefficient (Wildman–Crippen LogP) is 5.14. The van der Waals surface area contributed by atoms with E-state index in [1.165, 1.54) is 17.7 Å². The van der Waals surface area contributed by atoms with Crippen LogP contribution in [0.25, 0.3) is 16.2 Å². The Morgan fingerprint density at radius 3 is 2.54 bits per heavy atom. The van der Waals surface area contributed by atoms with Gasteiger partial charge >= 0.3 is 0 Å². The van der Waals surface area contributed by atoms with Gasteiger partial charge in [-0.25, -0.2) is 9.37 Å². The van der Waals surface area contributed by atoms with E-state index in [2.05, 4.69) is 48.0 Å². The van der Waals surface area contributed by atoms with E-state index in [4.69, 9.17) is 14.8 Å². The highest BCUT2D eigenvalue weighted by molar-refractivity contribution is 7.20. The quantitative estimate of drug-likeness (QED) is 0.401. The summed E-state index contributed by atoms with van der Waals surface area (Å²) in [6.07, 6.45) is 0. The number of hydrogen-bond acceptors (Lipinski definition) is 7. The number of benzene rings is 2. The van der Waals surface area contributed by atoms with Gasteiger partial charge in [-0.15, -0.1) is 5.10 Å². The van der Waals surface area contributed by atoms with Crippen molar-refractivity contribution in [2.75, 3.05) is 43.5 Å². The topological polar surface area (TPSA) is 57.9 Å². The number of methoxy groups -OCH3 is 1. The third kappa shape index (κ3) is 5.26. The van der Waals surface area contributed by atoms with Crippen LogP contribution in [-0.2, 0) is 6.54 Å². The van der Waals surface area contributed by atoms with Gasteiger partial charge in [0, 0.05) is 43.8 Å². The van der Waals surface area contributed by atoms with Gasteiger partial charge in [0.25, 0.3) is 0 Å². The molecule has 0 aliphatic carbocycles. The Labute approximate surface area is 209 Å². The Morgan fingerprint density at radius 1 is 1.06 bits per heavy atom. The zero-order chi connectivity index (χ0) is 24.6. The number of ether oxygens (including phenoxy) is 1. The molecule has 2 aromatic heterocycles. The minimum absolute atomic E-state index is 0.201. The molecule has 9 heteroatoms. The van der Waals surface area contributed by atoms with Gasteiger partial charge in [-0.1, -0.05) is 35.6 Å². The molecule has 0 spiro atoms. The lowest BCUT2D eigenvalue weighted by molar-refractivity contribution is 0.249. The van der Waals surface area contributed by atoms with Crippen LogP contribution in [-0.4, -0.2) is 58.3 Å². The zero-order valence-electron chi connectivity index (χ0n) is 20.6. The normalized spacial score (nSPS) is 15.1. The number of nitrogens with one attached hydrogen (secondary N) is 1. The molecule has 0 bridgehead atoms. The highest BCUT2D eigenvalue weighted by Crippen LogP contribution is 2.35. The van der Waals surface area contributed by atoms with Gasteiger partial charge in [-0.3, -0.25) is 4.90 Å². The van der Waals surface area contributed by atoms with Gasteiger partial charge in [0.05, 0.1) is 7.11 Å². The van der Waals surface area contributed by atoms with Crippen LogP contribution in [0.1, 0.15) is 26.3 Å². The molecule has 0 amide bonds. The van der Waals surface area contributed by atoms with Crippen molar-refractivity contribution < 1.29 is 9.13 Å². The lowest BCUT2D eigenvalue weighted by atomic mass is 10.1. The van der Waals surface area contributed by atoms with Crippen LogP contribution < -0.4 is 15.0 Å². The Kier molecular flexibility index (Phi) is 6.37. The number of anilines is 2. The van der Waals surface area contributed by atoms with E-state index in [-0.39, 0.29) is 11.4 Å². The highest BCUT2D eigenvalue weighted by Gasteiger charge is 2.25. The number of halogens is 1. The molecule has 0 saturated carbocycles. The van der Waals surface area contributed by atoms with E-state index >= 15 is 0 Å². The molecule has 4 aromatic rings. The molecular formula is C26H31FN6OS. The average molecular weight is 495 g/mol. The molecule has 1 N–H and O–H groups in total. The number of imidazole rings is 1. The van der Waals surface area contributed by atoms with Crippen molar-refractivity contribution in [3.8, 4) is 17.0 Å². The number of aromatic nitrogens is 3. The van der Waals surface area contributed by atoms with E-state index in [1.54, 1.807) is 24.5 Å². The van der Waals surface area contributed by atoms with Crippen molar-refractivity contribution in [3.63, 3.8) is 0 Å². The molecule has 184 valence electrons. The van der Waals surface area contributed by atoms with E-state index in [1.807, 2.05) is 22.7 Å². The fourth-order valence-electron chi connectivity index (χ4n) is 4.30. The van der Waals surface area contributed by atoms with Crippen molar-refractivity contribution in [2.45, 2.75) is 32.9 Å². The Bertz CT molecular complexity index is 1320. The van der Waals surface area contributed by atoms with Crippen molar-refractivity contribution >= 4 is 27.2 Å². The van der Waals surface area contributed by atoms with Crippen LogP contribution in [0.3, 0.4) is 0 Å². The lowest BCUT2D eigenvalue weighted by Gasteiger charge is -2.34. The van der Waals surface area contributed by atoms with E-state index in [0.717, 1.165) is 59.9 Å². The fourth-order valence-corrected chi connectivity index (χ4v) is 5.25. The first-order valence-corrected chi connectivity index (χ1v) is 12.6. The summed E-state index contributed by atoms with van der Waals surface area (Å²) in [5.41, 5.74) is 2.51. The summed E-state index contributed by atoms with van der Waals surface area (Å²) in [5.74, 6) is 1.41. The number of fused-ring (bicyclic) bond motifs is 1. The molecule has 35 heavy (non-hydrogen) atoms. The number of rotatable bonds is 6. The largest absolute Gasteiger partial charge is 0.497 e. The van der Waals surface area contributed by atoms with E-state index in [9.17, 15) is 4.39 Å². The smallest absolute Gasteiger partial charge is 0.216 e.